The molecule has 1 heterocycles. The van der Waals surface area contributed by atoms with Gasteiger partial charge in [0.1, 0.15) is 11.6 Å². The van der Waals surface area contributed by atoms with Gasteiger partial charge in [0, 0.05) is 6.07 Å². The summed E-state index contributed by atoms with van der Waals surface area (Å²) in [6.07, 6.45) is -0.584. The van der Waals surface area contributed by atoms with Crippen molar-refractivity contribution in [1.29, 1.82) is 0 Å². The highest BCUT2D eigenvalue weighted by Crippen LogP contribution is 2.32. The Labute approximate surface area is 153 Å². The molecule has 0 aromatic heterocycles. The minimum absolute atomic E-state index is 0.143. The fourth-order valence-corrected chi connectivity index (χ4v) is 3.69. The Balaban J connectivity index is 1.98. The Morgan fingerprint density at radius 1 is 1.23 bits per heavy atom. The number of nitro groups is 1. The molecule has 0 aliphatic carbocycles. The predicted octanol–water partition coefficient (Wildman–Crippen LogP) is 3.01. The third-order valence-electron chi connectivity index (χ3n) is 3.62. The van der Waals surface area contributed by atoms with Crippen LogP contribution in [0.4, 0.5) is 21.9 Å². The molecule has 0 bridgehead atoms. The van der Waals surface area contributed by atoms with Crippen molar-refractivity contribution < 1.29 is 22.9 Å². The van der Waals surface area contributed by atoms with Crippen molar-refractivity contribution in [2.75, 3.05) is 22.8 Å². The summed E-state index contributed by atoms with van der Waals surface area (Å²) in [5, 5.41) is 10.8. The van der Waals surface area contributed by atoms with Gasteiger partial charge < -0.3 is 4.74 Å². The average molecular weight is 398 g/mol. The van der Waals surface area contributed by atoms with Crippen molar-refractivity contribution in [3.05, 3.63) is 57.6 Å². The molecule has 11 heteroatoms. The van der Waals surface area contributed by atoms with Crippen molar-refractivity contribution >= 4 is 44.8 Å². The number of nitro benzene ring substituents is 1. The monoisotopic (exact) mass is 397 g/mol. The number of para-hydroxylation sites is 2. The standard InChI is InChI=1S/C15H12ClN3O6S/c16-11-6-5-10(9-14(11)19(21)22)26(23,24)17-12-3-1-2-4-13(12)18-7-8-25-15(18)20/h1-6,9,17H,7-8H2. The molecule has 0 saturated carbocycles. The van der Waals surface area contributed by atoms with Crippen LogP contribution in [0.25, 0.3) is 0 Å². The summed E-state index contributed by atoms with van der Waals surface area (Å²) in [5.74, 6) is 0. The number of carbonyl (C=O) groups excluding carboxylic acids is 1. The first kappa shape index (κ1) is 18.0. The van der Waals surface area contributed by atoms with Crippen molar-refractivity contribution in [2.45, 2.75) is 4.90 Å². The van der Waals surface area contributed by atoms with Crippen LogP contribution in [0.2, 0.25) is 5.02 Å². The molecular weight excluding hydrogens is 386 g/mol. The maximum atomic E-state index is 12.6. The summed E-state index contributed by atoms with van der Waals surface area (Å²) in [5.41, 5.74) is -0.0584. The second-order valence-corrected chi connectivity index (χ2v) is 7.35. The fraction of sp³-hybridized carbons (Fsp3) is 0.133. The van der Waals surface area contributed by atoms with Gasteiger partial charge >= 0.3 is 6.09 Å². The zero-order valence-electron chi connectivity index (χ0n) is 13.1. The quantitative estimate of drug-likeness (QED) is 0.611. The van der Waals surface area contributed by atoms with Gasteiger partial charge in [0.2, 0.25) is 0 Å². The van der Waals surface area contributed by atoms with E-state index in [1.54, 1.807) is 18.2 Å². The van der Waals surface area contributed by atoms with Crippen molar-refractivity contribution in [3.8, 4) is 0 Å². The number of anilines is 2. The molecule has 136 valence electrons. The highest BCUT2D eigenvalue weighted by atomic mass is 35.5. The average Bonchev–Trinajstić information content (AvgIpc) is 3.01. The topological polar surface area (TPSA) is 119 Å². The molecule has 1 N–H and O–H groups in total. The molecule has 1 aliphatic rings. The second kappa shape index (κ2) is 6.81. The normalized spacial score (nSPS) is 14.2. The number of cyclic esters (lactones) is 1. The Bertz CT molecular complexity index is 995. The number of benzene rings is 2. The third-order valence-corrected chi connectivity index (χ3v) is 5.31. The lowest BCUT2D eigenvalue weighted by atomic mass is 10.2. The summed E-state index contributed by atoms with van der Waals surface area (Å²) < 4.78 is 32.5. The molecule has 2 aromatic rings. The van der Waals surface area contributed by atoms with Gasteiger partial charge in [-0.3, -0.25) is 19.7 Å². The molecule has 0 radical (unpaired) electrons. The van der Waals surface area contributed by atoms with Crippen LogP contribution in [0.5, 0.6) is 0 Å². The number of hydrogen-bond acceptors (Lipinski definition) is 6. The molecule has 1 saturated heterocycles. The first-order valence-electron chi connectivity index (χ1n) is 7.30. The maximum Gasteiger partial charge on any atom is 0.414 e. The van der Waals surface area contributed by atoms with Crippen LogP contribution in [-0.4, -0.2) is 32.6 Å². The molecule has 0 spiro atoms. The number of hydrogen-bond donors (Lipinski definition) is 1. The van der Waals surface area contributed by atoms with Gasteiger partial charge in [-0.15, -0.1) is 0 Å². The minimum atomic E-state index is -4.15. The first-order chi connectivity index (χ1) is 12.3. The van der Waals surface area contributed by atoms with Crippen LogP contribution in [0.1, 0.15) is 0 Å². The van der Waals surface area contributed by atoms with Gasteiger partial charge in [0.25, 0.3) is 15.7 Å². The fourth-order valence-electron chi connectivity index (χ4n) is 2.41. The van der Waals surface area contributed by atoms with E-state index in [9.17, 15) is 23.3 Å². The lowest BCUT2D eigenvalue weighted by Crippen LogP contribution is -2.25. The summed E-state index contributed by atoms with van der Waals surface area (Å²) in [6, 6.07) is 9.44. The van der Waals surface area contributed by atoms with E-state index >= 15 is 0 Å². The Hall–Kier alpha value is -2.85. The van der Waals surface area contributed by atoms with E-state index < -0.39 is 26.7 Å². The van der Waals surface area contributed by atoms with Crippen molar-refractivity contribution in [2.24, 2.45) is 0 Å². The molecule has 2 aromatic carbocycles. The number of nitrogens with zero attached hydrogens (tertiary/aromatic N) is 2. The number of carbonyl (C=O) groups is 1. The Morgan fingerprint density at radius 2 is 1.96 bits per heavy atom. The lowest BCUT2D eigenvalue weighted by Gasteiger charge is -2.18. The minimum Gasteiger partial charge on any atom is -0.447 e. The van der Waals surface area contributed by atoms with Gasteiger partial charge in [0.05, 0.1) is 27.7 Å². The number of amides is 1. The van der Waals surface area contributed by atoms with E-state index in [2.05, 4.69) is 4.72 Å². The molecule has 0 atom stereocenters. The van der Waals surface area contributed by atoms with E-state index in [1.807, 2.05) is 0 Å². The number of halogens is 1. The summed E-state index contributed by atoms with van der Waals surface area (Å²) in [4.78, 5) is 22.9. The molecule has 1 fully saturated rings. The third kappa shape index (κ3) is 3.41. The molecule has 9 nitrogen and oxygen atoms in total. The van der Waals surface area contributed by atoms with E-state index in [-0.39, 0.29) is 28.8 Å². The van der Waals surface area contributed by atoms with Gasteiger partial charge in [-0.1, -0.05) is 23.7 Å². The first-order valence-corrected chi connectivity index (χ1v) is 9.16. The molecule has 26 heavy (non-hydrogen) atoms. The van der Waals surface area contributed by atoms with Crippen LogP contribution >= 0.6 is 11.6 Å². The maximum absolute atomic E-state index is 12.6. The van der Waals surface area contributed by atoms with E-state index in [0.717, 1.165) is 18.2 Å². The van der Waals surface area contributed by atoms with Gasteiger partial charge in [-0.25, -0.2) is 13.2 Å². The van der Waals surface area contributed by atoms with Gasteiger partial charge in [-0.05, 0) is 24.3 Å². The SMILES string of the molecule is O=C1OCCN1c1ccccc1NS(=O)(=O)c1ccc(Cl)c([N+](=O)[O-])c1. The van der Waals surface area contributed by atoms with E-state index in [0.29, 0.717) is 5.69 Å². The zero-order chi connectivity index (χ0) is 18.9. The number of rotatable bonds is 5. The van der Waals surface area contributed by atoms with Crippen molar-refractivity contribution in [3.63, 3.8) is 0 Å². The van der Waals surface area contributed by atoms with Crippen LogP contribution in [0.15, 0.2) is 47.4 Å². The summed E-state index contributed by atoms with van der Waals surface area (Å²) in [6.45, 7) is 0.479. The van der Waals surface area contributed by atoms with E-state index in [4.69, 9.17) is 16.3 Å². The largest absolute Gasteiger partial charge is 0.447 e. The van der Waals surface area contributed by atoms with Crippen molar-refractivity contribution in [1.82, 2.24) is 0 Å². The van der Waals surface area contributed by atoms with Crippen LogP contribution in [0, 0.1) is 10.1 Å². The van der Waals surface area contributed by atoms with Gasteiger partial charge in [0.15, 0.2) is 0 Å². The number of sulfonamides is 1. The smallest absolute Gasteiger partial charge is 0.414 e. The Morgan fingerprint density at radius 3 is 2.62 bits per heavy atom. The lowest BCUT2D eigenvalue weighted by molar-refractivity contribution is -0.384. The predicted molar refractivity (Wildman–Crippen MR) is 94.1 cm³/mol. The van der Waals surface area contributed by atoms with E-state index in [1.165, 1.54) is 11.0 Å². The molecule has 0 unspecified atom stereocenters. The summed E-state index contributed by atoms with van der Waals surface area (Å²) in [7, 11) is -4.15. The second-order valence-electron chi connectivity index (χ2n) is 5.26. The van der Waals surface area contributed by atoms with Gasteiger partial charge in [-0.2, -0.15) is 0 Å². The molecular formula is C15H12ClN3O6S. The Kier molecular flexibility index (Phi) is 4.70. The summed E-state index contributed by atoms with van der Waals surface area (Å²) >= 11 is 5.71. The highest BCUT2D eigenvalue weighted by molar-refractivity contribution is 7.92. The molecule has 1 aliphatic heterocycles. The molecule has 3 rings (SSSR count). The number of ether oxygens (including phenoxy) is 1. The zero-order valence-corrected chi connectivity index (χ0v) is 14.7. The van der Waals surface area contributed by atoms with Crippen LogP contribution in [-0.2, 0) is 14.8 Å². The highest BCUT2D eigenvalue weighted by Gasteiger charge is 2.27. The van der Waals surface area contributed by atoms with Crippen LogP contribution < -0.4 is 9.62 Å². The number of nitrogens with one attached hydrogen (secondary N) is 1. The molecule has 1 amide bonds. The van der Waals surface area contributed by atoms with Crippen LogP contribution in [0.3, 0.4) is 0 Å².